The van der Waals surface area contributed by atoms with Crippen LogP contribution in [0.4, 0.5) is 0 Å². The lowest BCUT2D eigenvalue weighted by atomic mass is 10.1. The summed E-state index contributed by atoms with van der Waals surface area (Å²) < 4.78 is 11.4. The molecule has 0 fully saturated rings. The fraction of sp³-hybridized carbons (Fsp3) is 1.00. The summed E-state index contributed by atoms with van der Waals surface area (Å²) in [6.07, 6.45) is 8.42. The van der Waals surface area contributed by atoms with E-state index in [-0.39, 0.29) is 6.10 Å². The minimum absolute atomic E-state index is 0.350. The van der Waals surface area contributed by atoms with E-state index in [1.54, 1.807) is 13.3 Å². The Morgan fingerprint density at radius 3 is 2.13 bits per heavy atom. The van der Waals surface area contributed by atoms with E-state index >= 15 is 0 Å². The third kappa shape index (κ3) is 12.1. The van der Waals surface area contributed by atoms with Gasteiger partial charge in [0.05, 0.1) is 13.2 Å². The van der Waals surface area contributed by atoms with E-state index < -0.39 is 7.14 Å². The lowest BCUT2D eigenvalue weighted by molar-refractivity contribution is 0.182. The summed E-state index contributed by atoms with van der Waals surface area (Å²) in [7, 11) is -2.04. The van der Waals surface area contributed by atoms with Gasteiger partial charge in [-0.2, -0.15) is 0 Å². The third-order valence-corrected chi connectivity index (χ3v) is 3.84. The highest BCUT2D eigenvalue weighted by Crippen LogP contribution is 2.37. The van der Waals surface area contributed by atoms with Crippen molar-refractivity contribution in [3.8, 4) is 0 Å². The van der Waals surface area contributed by atoms with E-state index in [9.17, 15) is 9.67 Å². The van der Waals surface area contributed by atoms with Crippen LogP contribution < -0.4 is 0 Å². The Hall–Kier alpha value is 0.190. The van der Waals surface area contributed by atoms with Gasteiger partial charge in [0.15, 0.2) is 0 Å². The highest BCUT2D eigenvalue weighted by atomic mass is 31.2. The summed E-state index contributed by atoms with van der Waals surface area (Å²) >= 11 is 0. The van der Waals surface area contributed by atoms with Crippen LogP contribution >= 0.6 is 7.14 Å². The molecule has 1 N–H and O–H groups in total. The second-order valence-electron chi connectivity index (χ2n) is 4.97. The molecule has 0 aromatic heterocycles. The summed E-state index contributed by atoms with van der Waals surface area (Å²) in [4.78, 5) is 0. The van der Waals surface area contributed by atoms with Crippen molar-refractivity contribution in [2.24, 2.45) is 0 Å². The van der Waals surface area contributed by atoms with Gasteiger partial charge in [0.25, 0.3) is 0 Å². The number of aliphatic hydroxyl groups is 1. The first-order valence-electron chi connectivity index (χ1n) is 6.18. The maximum absolute atomic E-state index is 11.4. The van der Waals surface area contributed by atoms with Gasteiger partial charge in [0.2, 0.25) is 0 Å². The van der Waals surface area contributed by atoms with Crippen molar-refractivity contribution >= 4 is 7.14 Å². The van der Waals surface area contributed by atoms with E-state index in [1.807, 2.05) is 0 Å². The Labute approximate surface area is 94.8 Å². The lowest BCUT2D eigenvalue weighted by Crippen LogP contribution is -2.11. The zero-order valence-electron chi connectivity index (χ0n) is 10.5. The van der Waals surface area contributed by atoms with Crippen LogP contribution in [0, 0.1) is 0 Å². The number of unbranched alkanes of at least 4 members (excludes halogenated alkanes) is 5. The zero-order valence-corrected chi connectivity index (χ0v) is 11.4. The van der Waals surface area contributed by atoms with Gasteiger partial charge in [-0.1, -0.05) is 45.4 Å². The highest BCUT2D eigenvalue weighted by Gasteiger charge is 2.13. The Kier molecular flexibility index (Phi) is 8.46. The molecule has 0 aromatic carbocycles. The first-order valence-corrected chi connectivity index (χ1v) is 8.96. The van der Waals surface area contributed by atoms with Gasteiger partial charge in [-0.25, -0.2) is 0 Å². The van der Waals surface area contributed by atoms with Crippen molar-refractivity contribution < 1.29 is 9.67 Å². The topological polar surface area (TPSA) is 37.3 Å². The molecule has 0 rings (SSSR count). The van der Waals surface area contributed by atoms with E-state index in [1.165, 1.54) is 32.1 Å². The van der Waals surface area contributed by atoms with E-state index in [2.05, 4.69) is 6.92 Å². The van der Waals surface area contributed by atoms with Gasteiger partial charge in [0.1, 0.15) is 0 Å². The van der Waals surface area contributed by atoms with E-state index in [4.69, 9.17) is 0 Å². The number of aliphatic hydroxyl groups excluding tert-OH is 1. The summed E-state index contributed by atoms with van der Waals surface area (Å²) in [5, 5.41) is 9.62. The largest absolute Gasteiger partial charge is 0.393 e. The van der Waals surface area contributed by atoms with Crippen LogP contribution in [-0.2, 0) is 4.57 Å². The monoisotopic (exact) mass is 234 g/mol. The van der Waals surface area contributed by atoms with Crippen LogP contribution in [0.2, 0.25) is 0 Å². The van der Waals surface area contributed by atoms with Gasteiger partial charge in [-0.05, 0) is 19.8 Å². The van der Waals surface area contributed by atoms with E-state index in [0.29, 0.717) is 6.16 Å². The predicted octanol–water partition coefficient (Wildman–Crippen LogP) is 3.72. The van der Waals surface area contributed by atoms with Crippen molar-refractivity contribution in [1.82, 2.24) is 0 Å². The van der Waals surface area contributed by atoms with Gasteiger partial charge < -0.3 is 9.67 Å². The Morgan fingerprint density at radius 1 is 1.07 bits per heavy atom. The SMILES string of the molecule is CCCCCCCCC(O)CP(C)(C)=O. The molecule has 3 heteroatoms. The number of hydrogen-bond acceptors (Lipinski definition) is 2. The summed E-state index contributed by atoms with van der Waals surface area (Å²) in [6.45, 7) is 5.71. The van der Waals surface area contributed by atoms with Crippen molar-refractivity contribution in [2.75, 3.05) is 19.5 Å². The minimum atomic E-state index is -2.04. The molecule has 0 saturated carbocycles. The first kappa shape index (κ1) is 15.2. The van der Waals surface area contributed by atoms with Crippen LogP contribution in [0.5, 0.6) is 0 Å². The van der Waals surface area contributed by atoms with Crippen molar-refractivity contribution in [3.05, 3.63) is 0 Å². The van der Waals surface area contributed by atoms with Crippen molar-refractivity contribution in [3.63, 3.8) is 0 Å². The first-order chi connectivity index (χ1) is 6.95. The Morgan fingerprint density at radius 2 is 1.60 bits per heavy atom. The molecule has 0 heterocycles. The number of rotatable bonds is 9. The molecule has 15 heavy (non-hydrogen) atoms. The molecule has 1 atom stereocenters. The molecule has 0 radical (unpaired) electrons. The molecular formula is C12H27O2P. The Balaban J connectivity index is 3.32. The fourth-order valence-corrected chi connectivity index (χ4v) is 2.96. The third-order valence-electron chi connectivity index (χ3n) is 2.54. The van der Waals surface area contributed by atoms with Crippen molar-refractivity contribution in [1.29, 1.82) is 0 Å². The quantitative estimate of drug-likeness (QED) is 0.487. The van der Waals surface area contributed by atoms with Crippen molar-refractivity contribution in [2.45, 2.75) is 58.0 Å². The van der Waals surface area contributed by atoms with E-state index in [0.717, 1.165) is 12.8 Å². The number of hydrogen-bond donors (Lipinski definition) is 1. The normalized spacial score (nSPS) is 14.1. The lowest BCUT2D eigenvalue weighted by Gasteiger charge is -2.13. The van der Waals surface area contributed by atoms with Gasteiger partial charge in [-0.3, -0.25) is 0 Å². The van der Waals surface area contributed by atoms with Crippen LogP contribution in [0.3, 0.4) is 0 Å². The second kappa shape index (κ2) is 8.35. The molecule has 0 amide bonds. The summed E-state index contributed by atoms with van der Waals surface area (Å²) in [5.41, 5.74) is 0. The standard InChI is InChI=1S/C12H27O2P/c1-4-5-6-7-8-9-10-12(13)11-15(2,3)14/h12-13H,4-11H2,1-3H3. The van der Waals surface area contributed by atoms with Crippen LogP contribution in [0.1, 0.15) is 51.9 Å². The smallest absolute Gasteiger partial charge is 0.0844 e. The molecule has 0 aliphatic rings. The Bertz CT molecular complexity index is 186. The van der Waals surface area contributed by atoms with Crippen LogP contribution in [0.25, 0.3) is 0 Å². The average Bonchev–Trinajstić information content (AvgIpc) is 2.08. The van der Waals surface area contributed by atoms with Gasteiger partial charge in [0, 0.05) is 6.16 Å². The molecule has 0 spiro atoms. The summed E-state index contributed by atoms with van der Waals surface area (Å²) in [5.74, 6) is 0. The maximum atomic E-state index is 11.4. The molecule has 0 aliphatic heterocycles. The molecule has 92 valence electrons. The summed E-state index contributed by atoms with van der Waals surface area (Å²) in [6, 6.07) is 0. The van der Waals surface area contributed by atoms with Gasteiger partial charge in [-0.15, -0.1) is 0 Å². The molecule has 0 saturated heterocycles. The average molecular weight is 234 g/mol. The predicted molar refractivity (Wildman–Crippen MR) is 68.3 cm³/mol. The molecule has 0 aromatic rings. The molecular weight excluding hydrogens is 207 g/mol. The maximum Gasteiger partial charge on any atom is 0.0844 e. The molecule has 2 nitrogen and oxygen atoms in total. The fourth-order valence-electron chi connectivity index (χ4n) is 1.76. The minimum Gasteiger partial charge on any atom is -0.393 e. The second-order valence-corrected chi connectivity index (χ2v) is 8.48. The molecule has 0 aliphatic carbocycles. The van der Waals surface area contributed by atoms with Crippen LogP contribution in [0.15, 0.2) is 0 Å². The molecule has 0 bridgehead atoms. The zero-order chi connectivity index (χ0) is 11.7. The van der Waals surface area contributed by atoms with Gasteiger partial charge >= 0.3 is 0 Å². The van der Waals surface area contributed by atoms with Crippen LogP contribution in [-0.4, -0.2) is 30.7 Å². The highest BCUT2D eigenvalue weighted by molar-refractivity contribution is 7.62. The molecule has 1 unspecified atom stereocenters.